The van der Waals surface area contributed by atoms with Crippen LogP contribution in [0.25, 0.3) is 0 Å². The lowest BCUT2D eigenvalue weighted by molar-refractivity contribution is 0.176. The van der Waals surface area contributed by atoms with E-state index in [1.54, 1.807) is 12.0 Å². The number of fused-ring (bicyclic) bond motifs is 3. The molecule has 2 aliphatic heterocycles. The van der Waals surface area contributed by atoms with E-state index in [0.29, 0.717) is 18.4 Å². The van der Waals surface area contributed by atoms with Crippen LogP contribution in [0.15, 0.2) is 18.2 Å². The van der Waals surface area contributed by atoms with E-state index in [4.69, 9.17) is 9.47 Å². The zero-order valence-corrected chi connectivity index (χ0v) is 11.2. The molecular formula is C14H18N2O3. The number of carbonyl (C=O) groups is 1. The zero-order chi connectivity index (χ0) is 13.4. The van der Waals surface area contributed by atoms with Gasteiger partial charge < -0.3 is 14.8 Å². The Kier molecular flexibility index (Phi) is 3.06. The topological polar surface area (TPSA) is 50.8 Å². The minimum atomic E-state index is -0.323. The van der Waals surface area contributed by atoms with Crippen molar-refractivity contribution in [2.45, 2.75) is 5.92 Å². The second-order valence-electron chi connectivity index (χ2n) is 5.00. The molecule has 2 unspecified atom stereocenters. The van der Waals surface area contributed by atoms with Crippen molar-refractivity contribution in [3.05, 3.63) is 23.8 Å². The molecule has 0 spiro atoms. The van der Waals surface area contributed by atoms with Crippen molar-refractivity contribution in [1.82, 2.24) is 5.32 Å². The molecule has 3 rings (SSSR count). The molecule has 2 heterocycles. The van der Waals surface area contributed by atoms with E-state index in [-0.39, 0.29) is 6.09 Å². The van der Waals surface area contributed by atoms with E-state index >= 15 is 0 Å². The van der Waals surface area contributed by atoms with Gasteiger partial charge >= 0.3 is 6.09 Å². The van der Waals surface area contributed by atoms with Gasteiger partial charge in [0.1, 0.15) is 5.75 Å². The minimum absolute atomic E-state index is 0.323. The van der Waals surface area contributed by atoms with Crippen molar-refractivity contribution in [3.8, 4) is 5.75 Å². The lowest BCUT2D eigenvalue weighted by atomic mass is 9.83. The Morgan fingerprint density at radius 3 is 2.95 bits per heavy atom. The fourth-order valence-corrected chi connectivity index (χ4v) is 3.18. The highest BCUT2D eigenvalue weighted by molar-refractivity contribution is 5.92. The molecule has 1 saturated heterocycles. The predicted octanol–water partition coefficient (Wildman–Crippen LogP) is 1.58. The number of rotatable bonds is 1. The number of ether oxygens (including phenoxy) is 2. The number of nitrogens with one attached hydrogen (secondary N) is 1. The Morgan fingerprint density at radius 2 is 2.21 bits per heavy atom. The number of carbonyl (C=O) groups excluding carboxylic acids is 1. The van der Waals surface area contributed by atoms with E-state index in [1.807, 2.05) is 12.1 Å². The molecule has 1 N–H and O–H groups in total. The fourth-order valence-electron chi connectivity index (χ4n) is 3.18. The molecule has 1 fully saturated rings. The molecule has 1 amide bonds. The van der Waals surface area contributed by atoms with Crippen LogP contribution in [-0.4, -0.2) is 39.9 Å². The minimum Gasteiger partial charge on any atom is -0.495 e. The zero-order valence-electron chi connectivity index (χ0n) is 11.2. The number of benzene rings is 1. The van der Waals surface area contributed by atoms with Gasteiger partial charge in [-0.05, 0) is 17.5 Å². The number of hydrogen-bond acceptors (Lipinski definition) is 4. The van der Waals surface area contributed by atoms with E-state index in [1.165, 1.54) is 12.7 Å². The van der Waals surface area contributed by atoms with Gasteiger partial charge in [0, 0.05) is 25.6 Å². The van der Waals surface area contributed by atoms with Crippen molar-refractivity contribution >= 4 is 11.8 Å². The van der Waals surface area contributed by atoms with Crippen molar-refractivity contribution in [1.29, 1.82) is 0 Å². The molecule has 1 aromatic rings. The van der Waals surface area contributed by atoms with Gasteiger partial charge in [0.05, 0.1) is 19.9 Å². The van der Waals surface area contributed by atoms with E-state index < -0.39 is 0 Å². The van der Waals surface area contributed by atoms with Crippen molar-refractivity contribution in [2.75, 3.05) is 38.8 Å². The maximum absolute atomic E-state index is 12.0. The third-order valence-electron chi connectivity index (χ3n) is 4.07. The summed E-state index contributed by atoms with van der Waals surface area (Å²) in [5, 5.41) is 3.40. The molecule has 0 radical (unpaired) electrons. The average Bonchev–Trinajstić information content (AvgIpc) is 2.93. The van der Waals surface area contributed by atoms with Crippen LogP contribution in [0.1, 0.15) is 11.5 Å². The first kappa shape index (κ1) is 12.3. The van der Waals surface area contributed by atoms with Crippen molar-refractivity contribution in [2.24, 2.45) is 5.92 Å². The lowest BCUT2D eigenvalue weighted by Crippen LogP contribution is -2.41. The molecule has 0 aromatic heterocycles. The third kappa shape index (κ3) is 1.85. The summed E-state index contributed by atoms with van der Waals surface area (Å²) in [5.41, 5.74) is 2.04. The van der Waals surface area contributed by atoms with Crippen LogP contribution in [0.3, 0.4) is 0 Å². The maximum Gasteiger partial charge on any atom is 0.414 e. The number of para-hydroxylation sites is 1. The molecule has 1 aromatic carbocycles. The first-order chi connectivity index (χ1) is 9.26. The quantitative estimate of drug-likeness (QED) is 0.835. The Balaban J connectivity index is 2.12. The molecule has 19 heavy (non-hydrogen) atoms. The van der Waals surface area contributed by atoms with Crippen molar-refractivity contribution in [3.63, 3.8) is 0 Å². The second-order valence-corrected chi connectivity index (χ2v) is 5.00. The van der Waals surface area contributed by atoms with Crippen LogP contribution in [0.5, 0.6) is 5.75 Å². The van der Waals surface area contributed by atoms with Crippen LogP contribution in [0, 0.1) is 5.92 Å². The number of amides is 1. The Bertz CT molecular complexity index is 503. The largest absolute Gasteiger partial charge is 0.495 e. The van der Waals surface area contributed by atoms with Gasteiger partial charge in [-0.25, -0.2) is 4.79 Å². The molecule has 0 aliphatic carbocycles. The SMILES string of the molecule is COC(=O)N1CC2CNCC2c2cccc(OC)c21. The van der Waals surface area contributed by atoms with Gasteiger partial charge in [-0.3, -0.25) is 4.90 Å². The molecule has 0 saturated carbocycles. The third-order valence-corrected chi connectivity index (χ3v) is 4.07. The number of methoxy groups -OCH3 is 2. The number of nitrogens with zero attached hydrogens (tertiary/aromatic N) is 1. The first-order valence-electron chi connectivity index (χ1n) is 6.49. The fraction of sp³-hybridized carbons (Fsp3) is 0.500. The summed E-state index contributed by atoms with van der Waals surface area (Å²) in [6.45, 7) is 2.58. The Hall–Kier alpha value is -1.75. The monoisotopic (exact) mass is 262 g/mol. The summed E-state index contributed by atoms with van der Waals surface area (Å²) in [7, 11) is 3.04. The molecule has 102 valence electrons. The van der Waals surface area contributed by atoms with Gasteiger partial charge in [-0.2, -0.15) is 0 Å². The van der Waals surface area contributed by atoms with Gasteiger partial charge in [0.2, 0.25) is 0 Å². The normalized spacial score (nSPS) is 24.6. The van der Waals surface area contributed by atoms with Crippen LogP contribution in [-0.2, 0) is 4.74 Å². The van der Waals surface area contributed by atoms with Gasteiger partial charge in [0.15, 0.2) is 0 Å². The molecule has 2 aliphatic rings. The van der Waals surface area contributed by atoms with E-state index in [0.717, 1.165) is 24.5 Å². The average molecular weight is 262 g/mol. The molecule has 5 heteroatoms. The first-order valence-corrected chi connectivity index (χ1v) is 6.49. The number of hydrogen-bond donors (Lipinski definition) is 1. The molecule has 2 atom stereocenters. The predicted molar refractivity (Wildman–Crippen MR) is 71.8 cm³/mol. The Morgan fingerprint density at radius 1 is 1.37 bits per heavy atom. The molecule has 0 bridgehead atoms. The highest BCUT2D eigenvalue weighted by Crippen LogP contribution is 2.45. The molecular weight excluding hydrogens is 244 g/mol. The van der Waals surface area contributed by atoms with Crippen LogP contribution in [0.4, 0.5) is 10.5 Å². The lowest BCUT2D eigenvalue weighted by Gasteiger charge is -2.36. The van der Waals surface area contributed by atoms with Crippen LogP contribution < -0.4 is 15.0 Å². The van der Waals surface area contributed by atoms with Gasteiger partial charge in [-0.1, -0.05) is 12.1 Å². The summed E-state index contributed by atoms with van der Waals surface area (Å²) in [4.78, 5) is 13.7. The van der Waals surface area contributed by atoms with Gasteiger partial charge in [-0.15, -0.1) is 0 Å². The second kappa shape index (κ2) is 4.74. The van der Waals surface area contributed by atoms with Crippen LogP contribution in [0.2, 0.25) is 0 Å². The standard InChI is InChI=1S/C14H18N2O3/c1-18-12-5-3-4-10-11-7-15-6-9(11)8-16(13(10)12)14(17)19-2/h3-5,9,11,15H,6-8H2,1-2H3. The van der Waals surface area contributed by atoms with E-state index in [2.05, 4.69) is 11.4 Å². The van der Waals surface area contributed by atoms with Crippen LogP contribution >= 0.6 is 0 Å². The summed E-state index contributed by atoms with van der Waals surface area (Å²) in [6.07, 6.45) is -0.323. The van der Waals surface area contributed by atoms with Gasteiger partial charge in [0.25, 0.3) is 0 Å². The summed E-state index contributed by atoms with van der Waals surface area (Å²) in [6, 6.07) is 5.95. The highest BCUT2D eigenvalue weighted by Gasteiger charge is 2.40. The van der Waals surface area contributed by atoms with E-state index in [9.17, 15) is 4.79 Å². The summed E-state index contributed by atoms with van der Waals surface area (Å²) >= 11 is 0. The number of anilines is 1. The summed E-state index contributed by atoms with van der Waals surface area (Å²) in [5.74, 6) is 1.62. The molecule has 5 nitrogen and oxygen atoms in total. The highest BCUT2D eigenvalue weighted by atomic mass is 16.5. The van der Waals surface area contributed by atoms with Crippen molar-refractivity contribution < 1.29 is 14.3 Å². The maximum atomic E-state index is 12.0. The Labute approximate surface area is 112 Å². The summed E-state index contributed by atoms with van der Waals surface area (Å²) < 4.78 is 10.3. The smallest absolute Gasteiger partial charge is 0.414 e.